The lowest BCUT2D eigenvalue weighted by molar-refractivity contribution is 0.414. The molecule has 0 aromatic heterocycles. The van der Waals surface area contributed by atoms with Gasteiger partial charge in [-0.1, -0.05) is 41.4 Å². The Labute approximate surface area is 134 Å². The summed E-state index contributed by atoms with van der Waals surface area (Å²) in [6.07, 6.45) is 1.52. The Morgan fingerprint density at radius 3 is 2.43 bits per heavy atom. The normalized spacial score (nSPS) is 11.7. The molecule has 4 heteroatoms. The summed E-state index contributed by atoms with van der Waals surface area (Å²) in [6.45, 7) is 0. The molecule has 2 aromatic rings. The van der Waals surface area contributed by atoms with Gasteiger partial charge in [-0.15, -0.1) is 0 Å². The largest absolute Gasteiger partial charge is 0.497 e. The highest BCUT2D eigenvalue weighted by molar-refractivity contribution is 6.35. The number of nitriles is 1. The number of hydrogen-bond donors (Lipinski definition) is 0. The van der Waals surface area contributed by atoms with Crippen LogP contribution in [-0.4, -0.2) is 7.11 Å². The average molecular weight is 320 g/mol. The zero-order valence-corrected chi connectivity index (χ0v) is 13.2. The van der Waals surface area contributed by atoms with Crippen LogP contribution >= 0.6 is 23.2 Å². The van der Waals surface area contributed by atoms with Crippen molar-refractivity contribution in [3.05, 3.63) is 63.6 Å². The number of rotatable bonds is 5. The fraction of sp³-hybridized carbons (Fsp3) is 0.235. The lowest BCUT2D eigenvalue weighted by Crippen LogP contribution is -1.99. The summed E-state index contributed by atoms with van der Waals surface area (Å²) in [6, 6.07) is 15.5. The van der Waals surface area contributed by atoms with Gasteiger partial charge in [0.2, 0.25) is 0 Å². The van der Waals surface area contributed by atoms with E-state index in [1.54, 1.807) is 19.2 Å². The summed E-state index contributed by atoms with van der Waals surface area (Å²) in [5.41, 5.74) is 2.00. The monoisotopic (exact) mass is 319 g/mol. The molecule has 0 saturated heterocycles. The maximum absolute atomic E-state index is 9.37. The molecule has 0 heterocycles. The molecule has 2 nitrogen and oxygen atoms in total. The molecule has 0 bridgehead atoms. The molecule has 21 heavy (non-hydrogen) atoms. The number of halogens is 2. The van der Waals surface area contributed by atoms with Gasteiger partial charge in [0.25, 0.3) is 0 Å². The van der Waals surface area contributed by atoms with E-state index in [0.29, 0.717) is 16.5 Å². The Bertz CT molecular complexity index is 647. The first-order valence-corrected chi connectivity index (χ1v) is 7.37. The number of ether oxygens (including phenoxy) is 1. The van der Waals surface area contributed by atoms with Crippen molar-refractivity contribution >= 4 is 23.2 Å². The molecule has 108 valence electrons. The Kier molecular flexibility index (Phi) is 5.50. The van der Waals surface area contributed by atoms with Crippen LogP contribution in [0.15, 0.2) is 42.5 Å². The Hall–Kier alpha value is -1.69. The van der Waals surface area contributed by atoms with E-state index in [-0.39, 0.29) is 5.92 Å². The molecule has 0 radical (unpaired) electrons. The van der Waals surface area contributed by atoms with E-state index in [4.69, 9.17) is 27.9 Å². The first kappa shape index (κ1) is 15.7. The quantitative estimate of drug-likeness (QED) is 0.754. The second-order valence-electron chi connectivity index (χ2n) is 4.73. The summed E-state index contributed by atoms with van der Waals surface area (Å²) < 4.78 is 5.13. The molecule has 2 aromatic carbocycles. The first-order valence-electron chi connectivity index (χ1n) is 6.61. The van der Waals surface area contributed by atoms with Crippen molar-refractivity contribution in [3.63, 3.8) is 0 Å². The van der Waals surface area contributed by atoms with Crippen LogP contribution in [-0.2, 0) is 6.42 Å². The van der Waals surface area contributed by atoms with Gasteiger partial charge in [-0.2, -0.15) is 5.26 Å². The van der Waals surface area contributed by atoms with Crippen molar-refractivity contribution in [2.75, 3.05) is 7.11 Å². The van der Waals surface area contributed by atoms with E-state index >= 15 is 0 Å². The van der Waals surface area contributed by atoms with E-state index in [1.807, 2.05) is 30.3 Å². The van der Waals surface area contributed by atoms with E-state index in [1.165, 1.54) is 5.56 Å². The van der Waals surface area contributed by atoms with Crippen LogP contribution in [0.1, 0.15) is 23.5 Å². The minimum absolute atomic E-state index is 0.239. The molecule has 0 fully saturated rings. The van der Waals surface area contributed by atoms with E-state index in [0.717, 1.165) is 17.7 Å². The lowest BCUT2D eigenvalue weighted by Gasteiger charge is -2.12. The second kappa shape index (κ2) is 7.36. The van der Waals surface area contributed by atoms with Gasteiger partial charge in [0, 0.05) is 10.0 Å². The van der Waals surface area contributed by atoms with Crippen LogP contribution < -0.4 is 4.74 Å². The van der Waals surface area contributed by atoms with Crippen molar-refractivity contribution in [3.8, 4) is 11.8 Å². The molecular formula is C17H15Cl2NO. The standard InChI is InChI=1S/C17H15Cl2NO/c1-21-15-7-3-12(4-8-15)2-5-13(11-20)16-9-6-14(18)10-17(16)19/h3-4,6-10,13H,2,5H2,1H3/t13-/m1/s1. The van der Waals surface area contributed by atoms with Crippen LogP contribution in [0.2, 0.25) is 10.0 Å². The molecule has 0 aliphatic heterocycles. The van der Waals surface area contributed by atoms with E-state index in [9.17, 15) is 5.26 Å². The summed E-state index contributed by atoms with van der Waals surface area (Å²) in [5, 5.41) is 10.5. The zero-order chi connectivity index (χ0) is 15.2. The SMILES string of the molecule is COc1ccc(CC[C@H](C#N)c2ccc(Cl)cc2Cl)cc1. The Balaban J connectivity index is 2.07. The van der Waals surface area contributed by atoms with Crippen molar-refractivity contribution in [2.45, 2.75) is 18.8 Å². The van der Waals surface area contributed by atoms with Gasteiger partial charge in [-0.25, -0.2) is 0 Å². The fourth-order valence-corrected chi connectivity index (χ4v) is 2.72. The molecule has 0 aliphatic carbocycles. The average Bonchev–Trinajstić information content (AvgIpc) is 2.50. The zero-order valence-electron chi connectivity index (χ0n) is 11.6. The van der Waals surface area contributed by atoms with Crippen molar-refractivity contribution in [1.82, 2.24) is 0 Å². The second-order valence-corrected chi connectivity index (χ2v) is 5.58. The van der Waals surface area contributed by atoms with Gasteiger partial charge in [-0.3, -0.25) is 0 Å². The van der Waals surface area contributed by atoms with Crippen LogP contribution in [0.5, 0.6) is 5.75 Å². The third kappa shape index (κ3) is 4.14. The van der Waals surface area contributed by atoms with Gasteiger partial charge in [-0.05, 0) is 48.2 Å². The number of nitrogens with zero attached hydrogens (tertiary/aromatic N) is 1. The third-order valence-corrected chi connectivity index (χ3v) is 3.94. The smallest absolute Gasteiger partial charge is 0.118 e. The van der Waals surface area contributed by atoms with Gasteiger partial charge in [0.05, 0.1) is 19.1 Å². The van der Waals surface area contributed by atoms with Gasteiger partial charge < -0.3 is 4.74 Å². The lowest BCUT2D eigenvalue weighted by atomic mass is 9.93. The highest BCUT2D eigenvalue weighted by atomic mass is 35.5. The van der Waals surface area contributed by atoms with Gasteiger partial charge >= 0.3 is 0 Å². The summed E-state index contributed by atoms with van der Waals surface area (Å²) in [7, 11) is 1.64. The van der Waals surface area contributed by atoms with Crippen LogP contribution in [0.25, 0.3) is 0 Å². The number of aryl methyl sites for hydroxylation is 1. The number of methoxy groups -OCH3 is 1. The Morgan fingerprint density at radius 2 is 1.86 bits per heavy atom. The van der Waals surface area contributed by atoms with Crippen molar-refractivity contribution in [2.24, 2.45) is 0 Å². The third-order valence-electron chi connectivity index (χ3n) is 3.37. The molecule has 0 aliphatic rings. The molecule has 2 rings (SSSR count). The predicted molar refractivity (Wildman–Crippen MR) is 86.1 cm³/mol. The maximum atomic E-state index is 9.37. The molecule has 0 saturated carbocycles. The van der Waals surface area contributed by atoms with Crippen molar-refractivity contribution < 1.29 is 4.74 Å². The highest BCUT2D eigenvalue weighted by Gasteiger charge is 2.14. The van der Waals surface area contributed by atoms with Crippen molar-refractivity contribution in [1.29, 1.82) is 5.26 Å². The minimum Gasteiger partial charge on any atom is -0.497 e. The van der Waals surface area contributed by atoms with Gasteiger partial charge in [0.15, 0.2) is 0 Å². The molecule has 0 amide bonds. The molecule has 1 atom stereocenters. The topological polar surface area (TPSA) is 33.0 Å². The molecule has 0 unspecified atom stereocenters. The minimum atomic E-state index is -0.239. The molecule has 0 spiro atoms. The van der Waals surface area contributed by atoms with Crippen LogP contribution in [0.4, 0.5) is 0 Å². The van der Waals surface area contributed by atoms with E-state index < -0.39 is 0 Å². The van der Waals surface area contributed by atoms with E-state index in [2.05, 4.69) is 6.07 Å². The molecular weight excluding hydrogens is 305 g/mol. The number of hydrogen-bond acceptors (Lipinski definition) is 2. The number of benzene rings is 2. The summed E-state index contributed by atoms with van der Waals surface area (Å²) >= 11 is 12.1. The maximum Gasteiger partial charge on any atom is 0.118 e. The van der Waals surface area contributed by atoms with Crippen LogP contribution in [0, 0.1) is 11.3 Å². The Morgan fingerprint density at radius 1 is 1.14 bits per heavy atom. The summed E-state index contributed by atoms with van der Waals surface area (Å²) in [5.74, 6) is 0.591. The fourth-order valence-electron chi connectivity index (χ4n) is 2.18. The first-order chi connectivity index (χ1) is 10.1. The summed E-state index contributed by atoms with van der Waals surface area (Å²) in [4.78, 5) is 0. The molecule has 0 N–H and O–H groups in total. The predicted octanol–water partition coefficient (Wildman–Crippen LogP) is 5.24. The van der Waals surface area contributed by atoms with Gasteiger partial charge in [0.1, 0.15) is 5.75 Å². The van der Waals surface area contributed by atoms with Crippen LogP contribution in [0.3, 0.4) is 0 Å². The highest BCUT2D eigenvalue weighted by Crippen LogP contribution is 2.30.